The SMILES string of the molecule is CCCCN1C(=O)[C@H](C(C)(C)C)N(Cc2ccc(OC)cc2)C(=O)[C@H]1CC(=O)OCC. The third-order valence-corrected chi connectivity index (χ3v) is 5.52. The van der Waals surface area contributed by atoms with Gasteiger partial charge in [-0.15, -0.1) is 0 Å². The van der Waals surface area contributed by atoms with Gasteiger partial charge < -0.3 is 19.3 Å². The number of benzene rings is 1. The number of piperazine rings is 1. The van der Waals surface area contributed by atoms with Crippen molar-refractivity contribution in [2.75, 3.05) is 20.3 Å². The molecule has 1 heterocycles. The molecule has 172 valence electrons. The fraction of sp³-hybridized carbons (Fsp3) is 0.625. The van der Waals surface area contributed by atoms with E-state index in [0.29, 0.717) is 6.54 Å². The number of hydrogen-bond acceptors (Lipinski definition) is 5. The number of ether oxygens (including phenoxy) is 2. The molecule has 0 radical (unpaired) electrons. The van der Waals surface area contributed by atoms with Gasteiger partial charge >= 0.3 is 5.97 Å². The lowest BCUT2D eigenvalue weighted by atomic mass is 9.81. The highest BCUT2D eigenvalue weighted by molar-refractivity contribution is 5.99. The lowest BCUT2D eigenvalue weighted by molar-refractivity contribution is -0.170. The summed E-state index contributed by atoms with van der Waals surface area (Å²) in [5.41, 5.74) is 0.437. The van der Waals surface area contributed by atoms with Crippen LogP contribution in [-0.4, -0.2) is 59.9 Å². The summed E-state index contributed by atoms with van der Waals surface area (Å²) in [6.07, 6.45) is 1.53. The number of nitrogens with zero attached hydrogens (tertiary/aromatic N) is 2. The van der Waals surface area contributed by atoms with Crippen molar-refractivity contribution in [2.45, 2.75) is 72.5 Å². The summed E-state index contributed by atoms with van der Waals surface area (Å²) in [4.78, 5) is 42.8. The Labute approximate surface area is 185 Å². The fourth-order valence-corrected chi connectivity index (χ4v) is 4.00. The van der Waals surface area contributed by atoms with Crippen LogP contribution in [-0.2, 0) is 25.7 Å². The van der Waals surface area contributed by atoms with Crippen LogP contribution in [0.2, 0.25) is 0 Å². The zero-order chi connectivity index (χ0) is 23.2. The Morgan fingerprint density at radius 3 is 2.19 bits per heavy atom. The van der Waals surface area contributed by atoms with Crippen LogP contribution in [0.5, 0.6) is 5.75 Å². The molecule has 1 aromatic rings. The first kappa shape index (κ1) is 24.7. The molecule has 0 unspecified atom stereocenters. The highest BCUT2D eigenvalue weighted by Crippen LogP contribution is 2.34. The van der Waals surface area contributed by atoms with Gasteiger partial charge in [0.05, 0.1) is 20.1 Å². The van der Waals surface area contributed by atoms with Gasteiger partial charge in [0.1, 0.15) is 17.8 Å². The Hall–Kier alpha value is -2.57. The summed E-state index contributed by atoms with van der Waals surface area (Å²) in [6.45, 7) is 10.6. The molecule has 1 fully saturated rings. The van der Waals surface area contributed by atoms with Crippen molar-refractivity contribution in [1.82, 2.24) is 9.80 Å². The van der Waals surface area contributed by atoms with Crippen LogP contribution in [0.25, 0.3) is 0 Å². The molecule has 31 heavy (non-hydrogen) atoms. The number of unbranched alkanes of at least 4 members (excludes halogenated alkanes) is 1. The average Bonchev–Trinajstić information content (AvgIpc) is 2.71. The average molecular weight is 433 g/mol. The van der Waals surface area contributed by atoms with E-state index >= 15 is 0 Å². The van der Waals surface area contributed by atoms with Gasteiger partial charge in [0, 0.05) is 13.1 Å². The second-order valence-electron chi connectivity index (χ2n) is 8.99. The van der Waals surface area contributed by atoms with Gasteiger partial charge in [0.2, 0.25) is 11.8 Å². The Balaban J connectivity index is 2.42. The zero-order valence-corrected chi connectivity index (χ0v) is 19.6. The van der Waals surface area contributed by atoms with Gasteiger partial charge in [-0.1, -0.05) is 46.2 Å². The quantitative estimate of drug-likeness (QED) is 0.559. The molecule has 1 aliphatic heterocycles. The van der Waals surface area contributed by atoms with E-state index in [-0.39, 0.29) is 31.4 Å². The molecule has 0 N–H and O–H groups in total. The predicted molar refractivity (Wildman–Crippen MR) is 118 cm³/mol. The number of esters is 1. The Bertz CT molecular complexity index is 769. The van der Waals surface area contributed by atoms with E-state index in [0.717, 1.165) is 24.2 Å². The molecule has 2 rings (SSSR count). The first-order chi connectivity index (χ1) is 14.6. The van der Waals surface area contributed by atoms with Gasteiger partial charge in [0.15, 0.2) is 0 Å². The molecule has 0 aliphatic carbocycles. The van der Waals surface area contributed by atoms with Crippen LogP contribution in [0.15, 0.2) is 24.3 Å². The van der Waals surface area contributed by atoms with E-state index in [2.05, 4.69) is 0 Å². The molecule has 0 saturated carbocycles. The van der Waals surface area contributed by atoms with Crippen molar-refractivity contribution in [3.05, 3.63) is 29.8 Å². The van der Waals surface area contributed by atoms with Gasteiger partial charge in [-0.3, -0.25) is 14.4 Å². The van der Waals surface area contributed by atoms with E-state index < -0.39 is 23.5 Å². The van der Waals surface area contributed by atoms with Gasteiger partial charge in [-0.2, -0.15) is 0 Å². The topological polar surface area (TPSA) is 76.2 Å². The molecule has 1 aliphatic rings. The molecule has 1 saturated heterocycles. The van der Waals surface area contributed by atoms with E-state index in [1.807, 2.05) is 52.0 Å². The first-order valence-electron chi connectivity index (χ1n) is 11.0. The standard InChI is InChI=1S/C24H36N2O5/c1-7-9-14-25-19(15-20(27)31-8-2)22(28)26(21(23(25)29)24(3,4)5)16-17-10-12-18(30-6)13-11-17/h10-13,19,21H,7-9,14-16H2,1-6H3/t19-,21-/m1/s1. The molecule has 7 nitrogen and oxygen atoms in total. The molecule has 0 spiro atoms. The van der Waals surface area contributed by atoms with Gasteiger partial charge in [-0.25, -0.2) is 0 Å². The summed E-state index contributed by atoms with van der Waals surface area (Å²) in [5, 5.41) is 0. The van der Waals surface area contributed by atoms with Crippen LogP contribution < -0.4 is 4.74 Å². The number of methoxy groups -OCH3 is 1. The zero-order valence-electron chi connectivity index (χ0n) is 19.6. The summed E-state index contributed by atoms with van der Waals surface area (Å²) in [6, 6.07) is 6.00. The van der Waals surface area contributed by atoms with Crippen LogP contribution in [0.3, 0.4) is 0 Å². The molecule has 2 amide bonds. The second kappa shape index (κ2) is 10.6. The summed E-state index contributed by atoms with van der Waals surface area (Å²) >= 11 is 0. The number of amides is 2. The van der Waals surface area contributed by atoms with Crippen LogP contribution in [0.1, 0.15) is 59.4 Å². The maximum absolute atomic E-state index is 13.7. The molecule has 7 heteroatoms. The summed E-state index contributed by atoms with van der Waals surface area (Å²) in [5.74, 6) is -0.0558. The van der Waals surface area contributed by atoms with Gasteiger partial charge in [-0.05, 0) is 36.5 Å². The minimum Gasteiger partial charge on any atom is -0.497 e. The summed E-state index contributed by atoms with van der Waals surface area (Å²) < 4.78 is 10.3. The highest BCUT2D eigenvalue weighted by atomic mass is 16.5. The normalized spacial score (nSPS) is 19.5. The molecular weight excluding hydrogens is 396 g/mol. The van der Waals surface area contributed by atoms with Crippen LogP contribution >= 0.6 is 0 Å². The fourth-order valence-electron chi connectivity index (χ4n) is 4.00. The third-order valence-electron chi connectivity index (χ3n) is 5.52. The van der Waals surface area contributed by atoms with E-state index in [1.165, 1.54) is 0 Å². The van der Waals surface area contributed by atoms with Crippen molar-refractivity contribution >= 4 is 17.8 Å². The number of rotatable bonds is 9. The maximum Gasteiger partial charge on any atom is 0.308 e. The number of carbonyl (C=O) groups excluding carboxylic acids is 3. The maximum atomic E-state index is 13.7. The van der Waals surface area contributed by atoms with Crippen molar-refractivity contribution in [3.63, 3.8) is 0 Å². The van der Waals surface area contributed by atoms with Crippen LogP contribution in [0, 0.1) is 5.41 Å². The lowest BCUT2D eigenvalue weighted by Gasteiger charge is -2.49. The molecule has 2 atom stereocenters. The molecular formula is C24H36N2O5. The second-order valence-corrected chi connectivity index (χ2v) is 8.99. The largest absolute Gasteiger partial charge is 0.497 e. The molecule has 0 aromatic heterocycles. The minimum atomic E-state index is -0.838. The Morgan fingerprint density at radius 2 is 1.68 bits per heavy atom. The van der Waals surface area contributed by atoms with E-state index in [4.69, 9.17) is 9.47 Å². The highest BCUT2D eigenvalue weighted by Gasteiger charge is 2.50. The van der Waals surface area contributed by atoms with E-state index in [9.17, 15) is 14.4 Å². The van der Waals surface area contributed by atoms with Gasteiger partial charge in [0.25, 0.3) is 0 Å². The third kappa shape index (κ3) is 5.99. The monoisotopic (exact) mass is 432 g/mol. The summed E-state index contributed by atoms with van der Waals surface area (Å²) in [7, 11) is 1.60. The van der Waals surface area contributed by atoms with Crippen molar-refractivity contribution in [2.24, 2.45) is 5.41 Å². The van der Waals surface area contributed by atoms with Crippen molar-refractivity contribution < 1.29 is 23.9 Å². The lowest BCUT2D eigenvalue weighted by Crippen LogP contribution is -2.67. The van der Waals surface area contributed by atoms with Crippen molar-refractivity contribution in [3.8, 4) is 5.75 Å². The Kier molecular flexibility index (Phi) is 8.48. The predicted octanol–water partition coefficient (Wildman–Crippen LogP) is 3.40. The number of carbonyl (C=O) groups is 3. The van der Waals surface area contributed by atoms with Crippen LogP contribution in [0.4, 0.5) is 0 Å². The van der Waals surface area contributed by atoms with E-state index in [1.54, 1.807) is 23.8 Å². The van der Waals surface area contributed by atoms with Crippen molar-refractivity contribution in [1.29, 1.82) is 0 Å². The minimum absolute atomic E-state index is 0.108. The first-order valence-corrected chi connectivity index (χ1v) is 11.0. The molecule has 0 bridgehead atoms. The Morgan fingerprint density at radius 1 is 1.03 bits per heavy atom. The smallest absolute Gasteiger partial charge is 0.308 e. The number of hydrogen-bond donors (Lipinski definition) is 0. The molecule has 1 aromatic carbocycles.